The molecule has 0 spiro atoms. The summed E-state index contributed by atoms with van der Waals surface area (Å²) in [4.78, 5) is 25.6. The maximum absolute atomic E-state index is 8.81. The Labute approximate surface area is 157 Å². The molecule has 0 aliphatic heterocycles. The van der Waals surface area contributed by atoms with Crippen LogP contribution < -0.4 is 0 Å². The second kappa shape index (κ2) is 37.1. The Morgan fingerprint density at radius 3 is 1.00 bits per heavy atom. The van der Waals surface area contributed by atoms with E-state index in [9.17, 15) is 0 Å². The van der Waals surface area contributed by atoms with E-state index in [1.54, 1.807) is 6.08 Å². The minimum Gasteiger partial charge on any atom is -0.512 e. The monoisotopic (exact) mass is 366 g/mol. The van der Waals surface area contributed by atoms with Crippen LogP contribution in [-0.4, -0.2) is 37.7 Å². The largest absolute Gasteiger partial charge is 0.512 e. The number of carbonyl (C=O) groups is 1. The van der Waals surface area contributed by atoms with Gasteiger partial charge < -0.3 is 29.9 Å². The molecule has 0 aromatic heterocycles. The van der Waals surface area contributed by atoms with Gasteiger partial charge in [-0.15, -0.1) is 6.58 Å². The molecule has 0 saturated carbocycles. The van der Waals surface area contributed by atoms with E-state index < -0.39 is 0 Å². The summed E-state index contributed by atoms with van der Waals surface area (Å²) in [5.74, 6) is 0.500. The normalized spacial score (nSPS) is 8.09. The summed E-state index contributed by atoms with van der Waals surface area (Å²) >= 11 is 0. The van der Waals surface area contributed by atoms with Crippen molar-refractivity contribution in [1.29, 1.82) is 0 Å². The molecule has 0 heterocycles. The molecular weight excluding hydrogens is 332 g/mol. The molecule has 0 aromatic rings. The molecule has 136 valence electrons. The molecule has 0 aliphatic rings. The third kappa shape index (κ3) is 165. The number of ketones is 2. The number of rotatable bonds is 2. The zero-order valence-corrected chi connectivity index (χ0v) is 17.3. The van der Waals surface area contributed by atoms with Crippen molar-refractivity contribution in [2.75, 3.05) is 0 Å². The summed E-state index contributed by atoms with van der Waals surface area (Å²) < 4.78 is 0. The molecule has 0 aliphatic carbocycles. The molecule has 0 rings (SSSR count). The van der Waals surface area contributed by atoms with Crippen molar-refractivity contribution in [2.45, 2.75) is 41.5 Å². The molecule has 0 atom stereocenters. The number of allylic oxidation sites excluding steroid dienone is 5. The summed E-state index contributed by atoms with van der Waals surface area (Å²) in [6.45, 7) is 12.7. The Hall–Kier alpha value is -1.46. The Morgan fingerprint density at radius 1 is 0.870 bits per heavy atom. The van der Waals surface area contributed by atoms with Gasteiger partial charge in [-0.25, -0.2) is 0 Å². The SMILES string of the molecule is C=CC.CC(=[OH+])C=C(C)O.CC(=[OH+])C=C(C)O.CC=O.[CH3-].[CH3-].[Ti]. The van der Waals surface area contributed by atoms with Crippen LogP contribution in [0, 0.1) is 14.9 Å². The fourth-order valence-electron chi connectivity index (χ4n) is 0.605. The summed E-state index contributed by atoms with van der Waals surface area (Å²) in [5.41, 5.74) is 0. The van der Waals surface area contributed by atoms with E-state index in [2.05, 4.69) is 6.58 Å². The smallest absolute Gasteiger partial charge is 0.316 e. The first-order valence-electron chi connectivity index (χ1n) is 5.85. The van der Waals surface area contributed by atoms with E-state index >= 15 is 0 Å². The molecule has 0 fully saturated rings. The average molecular weight is 366 g/mol. The zero-order valence-electron chi connectivity index (χ0n) is 15.7. The van der Waals surface area contributed by atoms with E-state index in [-0.39, 0.29) is 59.7 Å². The van der Waals surface area contributed by atoms with E-state index in [0.717, 1.165) is 6.29 Å². The molecule has 6 heteroatoms. The number of carbonyl (C=O) groups excluding carboxylic acids is 3. The molecule has 0 aromatic carbocycles. The second-order valence-electron chi connectivity index (χ2n) is 3.50. The van der Waals surface area contributed by atoms with Gasteiger partial charge in [0, 0.05) is 21.7 Å². The zero-order chi connectivity index (χ0) is 17.1. The Kier molecular flexibility index (Phi) is 69.3. The van der Waals surface area contributed by atoms with Crippen molar-refractivity contribution in [3.8, 4) is 0 Å². The molecule has 23 heavy (non-hydrogen) atoms. The van der Waals surface area contributed by atoms with Gasteiger partial charge in [-0.2, -0.15) is 0 Å². The molecule has 0 unspecified atom stereocenters. The van der Waals surface area contributed by atoms with Crippen molar-refractivity contribution >= 4 is 17.9 Å². The Balaban J connectivity index is -0.0000000304. The Bertz CT molecular complexity index is 303. The van der Waals surface area contributed by atoms with Crippen molar-refractivity contribution in [2.24, 2.45) is 0 Å². The number of hydrogen-bond donors (Lipinski definition) is 2. The maximum atomic E-state index is 8.81. The van der Waals surface area contributed by atoms with E-state index in [1.807, 2.05) is 6.92 Å². The van der Waals surface area contributed by atoms with Gasteiger partial charge in [0.2, 0.25) is 0 Å². The topological polar surface area (TPSA) is 100 Å². The van der Waals surface area contributed by atoms with Gasteiger partial charge in [0.1, 0.15) is 6.29 Å². The standard InChI is InChI=1S/2C5H8O2.C3H6.C2H4O.2CH3.Ti/c2*1-4(6)3-5(2)7;1-3-2;1-2-3;;;/h2*3,6H,1-2H3;3H,1H2,2H3;2H,1H3;2*1H3;/q;;;;2*-1;/p+2. The van der Waals surface area contributed by atoms with Crippen LogP contribution in [0.3, 0.4) is 0 Å². The van der Waals surface area contributed by atoms with Crippen LogP contribution in [0.2, 0.25) is 0 Å². The van der Waals surface area contributed by atoms with Crippen LogP contribution in [0.4, 0.5) is 0 Å². The molecule has 4 N–H and O–H groups in total. The van der Waals surface area contributed by atoms with Crippen molar-refractivity contribution in [3.05, 3.63) is 51.2 Å². The molecular formula is C17H34O5Ti. The number of aldehydes is 1. The summed E-state index contributed by atoms with van der Waals surface area (Å²) in [5, 5.41) is 16.8. The van der Waals surface area contributed by atoms with Gasteiger partial charge in [0.15, 0.2) is 0 Å². The third-order valence-corrected chi connectivity index (χ3v) is 0.836. The van der Waals surface area contributed by atoms with Crippen LogP contribution in [0.25, 0.3) is 0 Å². The van der Waals surface area contributed by atoms with Crippen LogP contribution in [0.1, 0.15) is 41.5 Å². The molecule has 0 radical (unpaired) electrons. The average Bonchev–Trinajstić information content (AvgIpc) is 2.15. The summed E-state index contributed by atoms with van der Waals surface area (Å²) in [6.07, 6.45) is 5.06. The first-order valence-corrected chi connectivity index (χ1v) is 5.85. The van der Waals surface area contributed by atoms with Crippen molar-refractivity contribution in [3.63, 3.8) is 0 Å². The fraction of sp³-hybridized carbons (Fsp3) is 0.353. The molecule has 0 saturated heterocycles. The number of aliphatic hydroxyl groups excluding tert-OH is 2. The van der Waals surface area contributed by atoms with Gasteiger partial charge >= 0.3 is 11.6 Å². The van der Waals surface area contributed by atoms with Gasteiger partial charge in [-0.1, -0.05) is 6.08 Å². The quantitative estimate of drug-likeness (QED) is 0.145. The van der Waals surface area contributed by atoms with Gasteiger partial charge in [0.25, 0.3) is 0 Å². The summed E-state index contributed by atoms with van der Waals surface area (Å²) in [6, 6.07) is 0. The predicted octanol–water partition coefficient (Wildman–Crippen LogP) is 4.32. The van der Waals surface area contributed by atoms with Gasteiger partial charge in [-0.3, -0.25) is 9.59 Å². The summed E-state index contributed by atoms with van der Waals surface area (Å²) in [7, 11) is 0. The van der Waals surface area contributed by atoms with E-state index in [0.29, 0.717) is 0 Å². The minimum atomic E-state index is 0. The first kappa shape index (κ1) is 43.0. The van der Waals surface area contributed by atoms with Gasteiger partial charge in [0.05, 0.1) is 37.5 Å². The van der Waals surface area contributed by atoms with E-state index in [1.165, 1.54) is 46.8 Å². The minimum absolute atomic E-state index is 0. The molecule has 5 nitrogen and oxygen atoms in total. The van der Waals surface area contributed by atoms with Crippen LogP contribution in [0.15, 0.2) is 36.3 Å². The maximum Gasteiger partial charge on any atom is 0.316 e. The third-order valence-electron chi connectivity index (χ3n) is 0.836. The predicted molar refractivity (Wildman–Crippen MR) is 98.4 cm³/mol. The van der Waals surface area contributed by atoms with Crippen molar-refractivity contribution in [1.82, 2.24) is 0 Å². The van der Waals surface area contributed by atoms with Gasteiger partial charge in [-0.05, 0) is 27.7 Å². The van der Waals surface area contributed by atoms with Crippen LogP contribution >= 0.6 is 0 Å². The fourth-order valence-corrected chi connectivity index (χ4v) is 0.605. The molecule has 0 amide bonds. The Morgan fingerprint density at radius 2 is 1.00 bits per heavy atom. The first-order chi connectivity index (χ1) is 9.08. The van der Waals surface area contributed by atoms with E-state index in [4.69, 9.17) is 24.6 Å². The molecule has 0 bridgehead atoms. The number of hydrogen-bond acceptors (Lipinski definition) is 3. The second-order valence-corrected chi connectivity index (χ2v) is 3.50. The van der Waals surface area contributed by atoms with Crippen LogP contribution in [0.5, 0.6) is 0 Å². The van der Waals surface area contributed by atoms with Crippen LogP contribution in [-0.2, 0) is 26.5 Å². The number of aliphatic hydroxyl groups is 2. The van der Waals surface area contributed by atoms with Crippen molar-refractivity contribution < 1.29 is 46.3 Å².